The predicted octanol–water partition coefficient (Wildman–Crippen LogP) is 3.01. The summed E-state index contributed by atoms with van der Waals surface area (Å²) in [6.07, 6.45) is -3.20. The number of aliphatic carboxylic acids is 1. The zero-order chi connectivity index (χ0) is 19.8. The fourth-order valence-electron chi connectivity index (χ4n) is 3.17. The third-order valence-corrected chi connectivity index (χ3v) is 4.47. The highest BCUT2D eigenvalue weighted by atomic mass is 19.4. The van der Waals surface area contributed by atoms with E-state index in [0.717, 1.165) is 30.5 Å². The first-order valence-electron chi connectivity index (χ1n) is 8.11. The van der Waals surface area contributed by atoms with Crippen molar-refractivity contribution in [2.45, 2.75) is 31.5 Å². The number of benzene rings is 1. The van der Waals surface area contributed by atoms with Crippen LogP contribution in [0.25, 0.3) is 5.69 Å². The number of carbonyl (C=O) groups is 2. The molecule has 3 rings (SSSR count). The van der Waals surface area contributed by atoms with Crippen LogP contribution in [-0.2, 0) is 11.0 Å². The summed E-state index contributed by atoms with van der Waals surface area (Å²) in [6, 6.07) is 3.69. The molecule has 1 fully saturated rings. The van der Waals surface area contributed by atoms with E-state index < -0.39 is 47.1 Å². The second-order valence-corrected chi connectivity index (χ2v) is 6.31. The first kappa shape index (κ1) is 18.9. The number of aromatic nitrogens is 2. The lowest BCUT2D eigenvalue weighted by Crippen LogP contribution is -2.34. The molecular weight excluding hydrogens is 370 g/mol. The topological polar surface area (TPSA) is 84.2 Å². The number of nitrogens with one attached hydrogen (secondary N) is 1. The van der Waals surface area contributed by atoms with Crippen LogP contribution in [0.2, 0.25) is 0 Å². The molecule has 144 valence electrons. The molecule has 2 N–H and O–H groups in total. The van der Waals surface area contributed by atoms with Gasteiger partial charge in [-0.2, -0.15) is 18.3 Å². The van der Waals surface area contributed by atoms with Gasteiger partial charge in [0.15, 0.2) is 5.69 Å². The lowest BCUT2D eigenvalue weighted by molar-refractivity contribution is -0.143. The van der Waals surface area contributed by atoms with E-state index in [9.17, 15) is 27.2 Å². The van der Waals surface area contributed by atoms with Crippen LogP contribution in [-0.4, -0.2) is 32.8 Å². The van der Waals surface area contributed by atoms with Gasteiger partial charge in [-0.15, -0.1) is 0 Å². The second-order valence-electron chi connectivity index (χ2n) is 6.31. The van der Waals surface area contributed by atoms with Crippen LogP contribution in [0.4, 0.5) is 17.6 Å². The Morgan fingerprint density at radius 1 is 1.19 bits per heavy atom. The summed E-state index contributed by atoms with van der Waals surface area (Å²) in [6.45, 7) is 0. The quantitative estimate of drug-likeness (QED) is 0.793. The molecule has 1 aromatic carbocycles. The fourth-order valence-corrected chi connectivity index (χ4v) is 3.17. The van der Waals surface area contributed by atoms with Crippen molar-refractivity contribution in [3.63, 3.8) is 0 Å². The minimum Gasteiger partial charge on any atom is -0.481 e. The Morgan fingerprint density at radius 2 is 1.85 bits per heavy atom. The number of rotatable bonds is 4. The van der Waals surface area contributed by atoms with Crippen LogP contribution in [0.5, 0.6) is 0 Å². The first-order chi connectivity index (χ1) is 12.7. The summed E-state index contributed by atoms with van der Waals surface area (Å²) >= 11 is 0. The van der Waals surface area contributed by atoms with Gasteiger partial charge in [0.1, 0.15) is 5.82 Å². The number of nitrogens with zero attached hydrogens (tertiary/aromatic N) is 2. The Kier molecular flexibility index (Phi) is 4.90. The van der Waals surface area contributed by atoms with E-state index in [-0.39, 0.29) is 12.1 Å². The van der Waals surface area contributed by atoms with E-state index in [1.165, 1.54) is 0 Å². The summed E-state index contributed by atoms with van der Waals surface area (Å²) in [5.74, 6) is -3.22. The standard InChI is InChI=1S/C17H15F4N3O3/c18-10-2-5-12(6-3-10)24-14(17(19,20)21)13(8-22-24)15(25)23-11-4-1-9(7-11)16(26)27/h2-3,5-6,8-9,11H,1,4,7H2,(H,23,25)(H,26,27)/t9-,11+/m0/s1. The van der Waals surface area contributed by atoms with Crippen LogP contribution in [0.1, 0.15) is 35.3 Å². The maximum Gasteiger partial charge on any atom is 0.434 e. The maximum absolute atomic E-state index is 13.6. The zero-order valence-corrected chi connectivity index (χ0v) is 13.8. The minimum absolute atomic E-state index is 0.0467. The molecule has 0 saturated heterocycles. The normalized spacial score (nSPS) is 19.9. The molecule has 0 radical (unpaired) electrons. The highest BCUT2D eigenvalue weighted by Gasteiger charge is 2.41. The molecule has 2 atom stereocenters. The van der Waals surface area contributed by atoms with Gasteiger partial charge in [-0.05, 0) is 43.5 Å². The smallest absolute Gasteiger partial charge is 0.434 e. The summed E-state index contributed by atoms with van der Waals surface area (Å²) in [4.78, 5) is 23.3. The number of carboxylic acids is 1. The number of carboxylic acid groups (broad SMARTS) is 1. The van der Waals surface area contributed by atoms with Gasteiger partial charge in [0.2, 0.25) is 0 Å². The van der Waals surface area contributed by atoms with E-state index in [2.05, 4.69) is 10.4 Å². The van der Waals surface area contributed by atoms with Gasteiger partial charge < -0.3 is 10.4 Å². The number of hydrogen-bond donors (Lipinski definition) is 2. The average molecular weight is 385 g/mol. The van der Waals surface area contributed by atoms with Gasteiger partial charge in [-0.3, -0.25) is 9.59 Å². The molecule has 2 aromatic rings. The molecular formula is C17H15F4N3O3. The van der Waals surface area contributed by atoms with Crippen LogP contribution in [0.15, 0.2) is 30.5 Å². The highest BCUT2D eigenvalue weighted by Crippen LogP contribution is 2.34. The zero-order valence-electron chi connectivity index (χ0n) is 13.8. The number of amides is 1. The van der Waals surface area contributed by atoms with E-state index in [1.807, 2.05) is 0 Å². The third kappa shape index (κ3) is 3.93. The van der Waals surface area contributed by atoms with Crippen molar-refractivity contribution in [2.24, 2.45) is 5.92 Å². The Hall–Kier alpha value is -2.91. The molecule has 6 nitrogen and oxygen atoms in total. The van der Waals surface area contributed by atoms with Crippen molar-refractivity contribution < 1.29 is 32.3 Å². The molecule has 10 heteroatoms. The SMILES string of the molecule is O=C(N[C@@H]1CC[C@H](C(=O)O)C1)c1cnn(-c2ccc(F)cc2)c1C(F)(F)F. The van der Waals surface area contributed by atoms with Crippen molar-refractivity contribution in [1.82, 2.24) is 15.1 Å². The van der Waals surface area contributed by atoms with Gasteiger partial charge in [-0.25, -0.2) is 9.07 Å². The molecule has 1 heterocycles. The number of carbonyl (C=O) groups excluding carboxylic acids is 1. The average Bonchev–Trinajstić information content (AvgIpc) is 3.22. The first-order valence-corrected chi connectivity index (χ1v) is 8.11. The van der Waals surface area contributed by atoms with E-state index in [0.29, 0.717) is 17.5 Å². The van der Waals surface area contributed by atoms with Crippen LogP contribution in [0.3, 0.4) is 0 Å². The minimum atomic E-state index is -4.88. The number of alkyl halides is 3. The van der Waals surface area contributed by atoms with Gasteiger partial charge in [0.25, 0.3) is 5.91 Å². The van der Waals surface area contributed by atoms with Crippen LogP contribution < -0.4 is 5.32 Å². The summed E-state index contributed by atoms with van der Waals surface area (Å²) in [5, 5.41) is 15.1. The molecule has 1 amide bonds. The van der Waals surface area contributed by atoms with Gasteiger partial charge in [0.05, 0.1) is 23.4 Å². The van der Waals surface area contributed by atoms with Crippen molar-refractivity contribution >= 4 is 11.9 Å². The molecule has 1 aromatic heterocycles. The Balaban J connectivity index is 1.88. The van der Waals surface area contributed by atoms with E-state index >= 15 is 0 Å². The Labute approximate surface area is 150 Å². The van der Waals surface area contributed by atoms with Crippen LogP contribution in [0, 0.1) is 11.7 Å². The van der Waals surface area contributed by atoms with E-state index in [1.54, 1.807) is 0 Å². The molecule has 0 aliphatic heterocycles. The van der Waals surface area contributed by atoms with Crippen molar-refractivity contribution in [2.75, 3.05) is 0 Å². The van der Waals surface area contributed by atoms with Crippen molar-refractivity contribution in [3.8, 4) is 5.69 Å². The molecule has 1 aliphatic carbocycles. The van der Waals surface area contributed by atoms with Gasteiger partial charge >= 0.3 is 12.1 Å². The van der Waals surface area contributed by atoms with Gasteiger partial charge in [0, 0.05) is 6.04 Å². The Morgan fingerprint density at radius 3 is 2.41 bits per heavy atom. The largest absolute Gasteiger partial charge is 0.481 e. The lowest BCUT2D eigenvalue weighted by atomic mass is 10.1. The molecule has 1 saturated carbocycles. The van der Waals surface area contributed by atoms with Crippen molar-refractivity contribution in [1.29, 1.82) is 0 Å². The van der Waals surface area contributed by atoms with Crippen LogP contribution >= 0.6 is 0 Å². The molecule has 0 unspecified atom stereocenters. The third-order valence-electron chi connectivity index (χ3n) is 4.47. The molecule has 1 aliphatic rings. The summed E-state index contributed by atoms with van der Waals surface area (Å²) < 4.78 is 54.2. The molecule has 0 bridgehead atoms. The van der Waals surface area contributed by atoms with Gasteiger partial charge in [-0.1, -0.05) is 0 Å². The lowest BCUT2D eigenvalue weighted by Gasteiger charge is -2.15. The summed E-state index contributed by atoms with van der Waals surface area (Å²) in [7, 11) is 0. The van der Waals surface area contributed by atoms with Crippen molar-refractivity contribution in [3.05, 3.63) is 47.5 Å². The predicted molar refractivity (Wildman–Crippen MR) is 84.8 cm³/mol. The number of hydrogen-bond acceptors (Lipinski definition) is 3. The maximum atomic E-state index is 13.6. The molecule has 0 spiro atoms. The second kappa shape index (κ2) is 7.01. The Bertz CT molecular complexity index is 861. The fraction of sp³-hybridized carbons (Fsp3) is 0.353. The number of halogens is 4. The highest BCUT2D eigenvalue weighted by molar-refractivity contribution is 5.95. The molecule has 27 heavy (non-hydrogen) atoms. The monoisotopic (exact) mass is 385 g/mol. The van der Waals surface area contributed by atoms with E-state index in [4.69, 9.17) is 5.11 Å². The summed E-state index contributed by atoms with van der Waals surface area (Å²) in [5.41, 5.74) is -2.00.